The third-order valence-electron chi connectivity index (χ3n) is 4.01. The van der Waals surface area contributed by atoms with Gasteiger partial charge in [-0.1, -0.05) is 30.3 Å². The molecule has 0 spiro atoms. The number of carbonyl (C=O) groups is 1. The van der Waals surface area contributed by atoms with Gasteiger partial charge in [0.25, 0.3) is 5.91 Å². The number of amides is 1. The number of aromatic nitrogens is 2. The SMILES string of the molecule is O=C(c1cn[nH]c1)N1CCO[C@@H](CCCc2ccccc2)C1. The molecule has 5 nitrogen and oxygen atoms in total. The van der Waals surface area contributed by atoms with Crippen LogP contribution in [0.15, 0.2) is 42.7 Å². The zero-order valence-corrected chi connectivity index (χ0v) is 12.6. The van der Waals surface area contributed by atoms with E-state index >= 15 is 0 Å². The molecule has 1 aromatic heterocycles. The third kappa shape index (κ3) is 3.74. The molecule has 22 heavy (non-hydrogen) atoms. The molecule has 1 saturated heterocycles. The van der Waals surface area contributed by atoms with Gasteiger partial charge in [0.1, 0.15) is 0 Å². The summed E-state index contributed by atoms with van der Waals surface area (Å²) in [5.41, 5.74) is 1.97. The van der Waals surface area contributed by atoms with Crippen molar-refractivity contribution in [1.82, 2.24) is 15.1 Å². The van der Waals surface area contributed by atoms with Crippen LogP contribution in [0, 0.1) is 0 Å². The summed E-state index contributed by atoms with van der Waals surface area (Å²) in [5.74, 6) is 0.0325. The second-order valence-corrected chi connectivity index (χ2v) is 5.61. The van der Waals surface area contributed by atoms with Crippen LogP contribution in [0.2, 0.25) is 0 Å². The van der Waals surface area contributed by atoms with Crippen LogP contribution >= 0.6 is 0 Å². The van der Waals surface area contributed by atoms with E-state index in [4.69, 9.17) is 4.74 Å². The number of morpholine rings is 1. The number of rotatable bonds is 5. The maximum Gasteiger partial charge on any atom is 0.257 e. The molecule has 0 bridgehead atoms. The molecule has 1 aliphatic rings. The Kier molecular flexibility index (Phi) is 4.85. The van der Waals surface area contributed by atoms with Crippen molar-refractivity contribution in [2.75, 3.05) is 19.7 Å². The number of benzene rings is 1. The summed E-state index contributed by atoms with van der Waals surface area (Å²) in [6, 6.07) is 10.5. The lowest BCUT2D eigenvalue weighted by Crippen LogP contribution is -2.45. The van der Waals surface area contributed by atoms with Gasteiger partial charge in [-0.25, -0.2) is 0 Å². The average Bonchev–Trinajstić information content (AvgIpc) is 3.10. The van der Waals surface area contributed by atoms with Gasteiger partial charge in [-0.2, -0.15) is 5.10 Å². The second-order valence-electron chi connectivity index (χ2n) is 5.61. The molecule has 1 fully saturated rings. The minimum atomic E-state index is 0.0325. The first-order valence-corrected chi connectivity index (χ1v) is 7.76. The first-order valence-electron chi connectivity index (χ1n) is 7.76. The van der Waals surface area contributed by atoms with Crippen molar-refractivity contribution in [3.05, 3.63) is 53.9 Å². The lowest BCUT2D eigenvalue weighted by molar-refractivity contribution is -0.0255. The number of hydrogen-bond donors (Lipinski definition) is 1. The number of H-pyrrole nitrogens is 1. The highest BCUT2D eigenvalue weighted by molar-refractivity contribution is 5.93. The fourth-order valence-electron chi connectivity index (χ4n) is 2.81. The van der Waals surface area contributed by atoms with Crippen molar-refractivity contribution >= 4 is 5.91 Å². The van der Waals surface area contributed by atoms with Crippen LogP contribution in [-0.2, 0) is 11.2 Å². The van der Waals surface area contributed by atoms with E-state index in [-0.39, 0.29) is 12.0 Å². The van der Waals surface area contributed by atoms with Crippen molar-refractivity contribution in [1.29, 1.82) is 0 Å². The first-order chi connectivity index (χ1) is 10.8. The number of aromatic amines is 1. The van der Waals surface area contributed by atoms with Crippen molar-refractivity contribution in [3.63, 3.8) is 0 Å². The van der Waals surface area contributed by atoms with E-state index in [1.54, 1.807) is 12.4 Å². The summed E-state index contributed by atoms with van der Waals surface area (Å²) in [7, 11) is 0. The van der Waals surface area contributed by atoms with Crippen molar-refractivity contribution < 1.29 is 9.53 Å². The molecule has 0 radical (unpaired) electrons. The quantitative estimate of drug-likeness (QED) is 0.921. The zero-order chi connectivity index (χ0) is 15.2. The molecule has 5 heteroatoms. The Morgan fingerprint density at radius 3 is 3.00 bits per heavy atom. The number of hydrogen-bond acceptors (Lipinski definition) is 3. The molecular weight excluding hydrogens is 278 g/mol. The van der Waals surface area contributed by atoms with E-state index in [1.807, 2.05) is 11.0 Å². The molecule has 0 unspecified atom stereocenters. The normalized spacial score (nSPS) is 18.4. The maximum absolute atomic E-state index is 12.3. The van der Waals surface area contributed by atoms with Crippen LogP contribution in [-0.4, -0.2) is 46.8 Å². The Morgan fingerprint density at radius 1 is 1.36 bits per heavy atom. The van der Waals surface area contributed by atoms with Crippen molar-refractivity contribution in [2.45, 2.75) is 25.4 Å². The lowest BCUT2D eigenvalue weighted by Gasteiger charge is -2.32. The van der Waals surface area contributed by atoms with E-state index in [0.29, 0.717) is 25.3 Å². The van der Waals surface area contributed by atoms with Gasteiger partial charge >= 0.3 is 0 Å². The van der Waals surface area contributed by atoms with Crippen LogP contribution in [0.1, 0.15) is 28.8 Å². The number of carbonyl (C=O) groups excluding carboxylic acids is 1. The smallest absolute Gasteiger partial charge is 0.257 e. The topological polar surface area (TPSA) is 58.2 Å². The standard InChI is InChI=1S/C17H21N3O2/c21-17(15-11-18-19-12-15)20-9-10-22-16(13-20)8-4-7-14-5-2-1-3-6-14/h1-3,5-6,11-12,16H,4,7-10,13H2,(H,18,19)/t16-/m0/s1. The molecule has 1 N–H and O–H groups in total. The van der Waals surface area contributed by atoms with E-state index in [2.05, 4.69) is 34.5 Å². The summed E-state index contributed by atoms with van der Waals surface area (Å²) in [5, 5.41) is 6.52. The molecule has 2 heterocycles. The minimum absolute atomic E-state index is 0.0325. The Morgan fingerprint density at radius 2 is 2.23 bits per heavy atom. The first kappa shape index (κ1) is 14.8. The molecule has 1 atom stereocenters. The van der Waals surface area contributed by atoms with Crippen LogP contribution < -0.4 is 0 Å². The Labute approximate surface area is 130 Å². The van der Waals surface area contributed by atoms with Crippen molar-refractivity contribution in [2.24, 2.45) is 0 Å². The molecule has 116 valence electrons. The maximum atomic E-state index is 12.3. The van der Waals surface area contributed by atoms with Crippen LogP contribution in [0.3, 0.4) is 0 Å². The van der Waals surface area contributed by atoms with Gasteiger partial charge in [-0.3, -0.25) is 9.89 Å². The molecule has 3 rings (SSSR count). The highest BCUT2D eigenvalue weighted by Crippen LogP contribution is 2.15. The number of nitrogens with one attached hydrogen (secondary N) is 1. The average molecular weight is 299 g/mol. The Bertz CT molecular complexity index is 583. The minimum Gasteiger partial charge on any atom is -0.375 e. The zero-order valence-electron chi connectivity index (χ0n) is 12.6. The summed E-state index contributed by atoms with van der Waals surface area (Å²) < 4.78 is 5.80. The molecular formula is C17H21N3O2. The molecule has 2 aromatic rings. The predicted octanol–water partition coefficient (Wildman–Crippen LogP) is 2.27. The van der Waals surface area contributed by atoms with Crippen LogP contribution in [0.25, 0.3) is 0 Å². The highest BCUT2D eigenvalue weighted by atomic mass is 16.5. The summed E-state index contributed by atoms with van der Waals surface area (Å²) in [6.45, 7) is 1.93. The molecule has 1 aliphatic heterocycles. The van der Waals surface area contributed by atoms with E-state index in [9.17, 15) is 4.79 Å². The largest absolute Gasteiger partial charge is 0.375 e. The van der Waals surface area contributed by atoms with Gasteiger partial charge in [-0.05, 0) is 24.8 Å². The molecule has 1 amide bonds. The van der Waals surface area contributed by atoms with Crippen molar-refractivity contribution in [3.8, 4) is 0 Å². The van der Waals surface area contributed by atoms with Gasteiger partial charge in [-0.15, -0.1) is 0 Å². The monoisotopic (exact) mass is 299 g/mol. The highest BCUT2D eigenvalue weighted by Gasteiger charge is 2.25. The summed E-state index contributed by atoms with van der Waals surface area (Å²) in [4.78, 5) is 14.2. The van der Waals surface area contributed by atoms with Crippen LogP contribution in [0.5, 0.6) is 0 Å². The van der Waals surface area contributed by atoms with Gasteiger partial charge in [0.05, 0.1) is 24.5 Å². The molecule has 1 aromatic carbocycles. The summed E-state index contributed by atoms with van der Waals surface area (Å²) in [6.07, 6.45) is 6.45. The Balaban J connectivity index is 1.47. The van der Waals surface area contributed by atoms with Gasteiger partial charge in [0, 0.05) is 19.3 Å². The van der Waals surface area contributed by atoms with E-state index in [1.165, 1.54) is 5.56 Å². The Hall–Kier alpha value is -2.14. The third-order valence-corrected chi connectivity index (χ3v) is 4.01. The van der Waals surface area contributed by atoms with Crippen LogP contribution in [0.4, 0.5) is 0 Å². The predicted molar refractivity (Wildman–Crippen MR) is 83.6 cm³/mol. The van der Waals surface area contributed by atoms with Gasteiger partial charge in [0.2, 0.25) is 0 Å². The second kappa shape index (κ2) is 7.22. The fourth-order valence-corrected chi connectivity index (χ4v) is 2.81. The van der Waals surface area contributed by atoms with Gasteiger partial charge in [0.15, 0.2) is 0 Å². The number of aryl methyl sites for hydroxylation is 1. The van der Waals surface area contributed by atoms with Gasteiger partial charge < -0.3 is 9.64 Å². The lowest BCUT2D eigenvalue weighted by atomic mass is 10.0. The fraction of sp³-hybridized carbons (Fsp3) is 0.412. The van der Waals surface area contributed by atoms with E-state index in [0.717, 1.165) is 19.3 Å². The molecule has 0 saturated carbocycles. The summed E-state index contributed by atoms with van der Waals surface area (Å²) >= 11 is 0. The van der Waals surface area contributed by atoms with E-state index < -0.39 is 0 Å². The number of nitrogens with zero attached hydrogens (tertiary/aromatic N) is 2. The molecule has 0 aliphatic carbocycles. The number of ether oxygens (including phenoxy) is 1.